The molecule has 2 aromatic rings. The van der Waals surface area contributed by atoms with Crippen molar-refractivity contribution in [3.05, 3.63) is 54.1 Å². The van der Waals surface area contributed by atoms with E-state index in [1.54, 1.807) is 24.3 Å². The molecule has 1 saturated carbocycles. The SMILES string of the molecule is COc1ccc(S(=O)(=O)N(CC(=O)NC2CCCCCCC2)c2ccc(C)cc2)cc1. The number of aryl methyl sites for hydroxylation is 1. The van der Waals surface area contributed by atoms with Crippen LogP contribution in [0.1, 0.15) is 50.5 Å². The van der Waals surface area contributed by atoms with Gasteiger partial charge in [-0.2, -0.15) is 0 Å². The molecule has 2 aromatic carbocycles. The number of methoxy groups -OCH3 is 1. The van der Waals surface area contributed by atoms with Crippen molar-refractivity contribution in [3.8, 4) is 5.75 Å². The molecule has 0 saturated heterocycles. The van der Waals surface area contributed by atoms with Gasteiger partial charge in [0.1, 0.15) is 12.3 Å². The summed E-state index contributed by atoms with van der Waals surface area (Å²) in [6, 6.07) is 13.5. The van der Waals surface area contributed by atoms with E-state index in [0.29, 0.717) is 11.4 Å². The first kappa shape index (κ1) is 23.1. The molecule has 1 amide bonds. The molecule has 0 aliphatic heterocycles. The molecule has 0 unspecified atom stereocenters. The van der Waals surface area contributed by atoms with Crippen molar-refractivity contribution in [2.75, 3.05) is 18.0 Å². The number of carbonyl (C=O) groups is 1. The smallest absolute Gasteiger partial charge is 0.264 e. The molecule has 0 spiro atoms. The van der Waals surface area contributed by atoms with Crippen LogP contribution in [0.5, 0.6) is 5.75 Å². The van der Waals surface area contributed by atoms with E-state index < -0.39 is 10.0 Å². The molecule has 1 aliphatic rings. The zero-order chi connectivity index (χ0) is 22.3. The predicted molar refractivity (Wildman–Crippen MR) is 123 cm³/mol. The molecule has 168 valence electrons. The minimum absolute atomic E-state index is 0.108. The number of sulfonamides is 1. The highest BCUT2D eigenvalue weighted by Crippen LogP contribution is 2.25. The van der Waals surface area contributed by atoms with Gasteiger partial charge in [-0.1, -0.05) is 49.8 Å². The maximum absolute atomic E-state index is 13.5. The number of carbonyl (C=O) groups excluding carboxylic acids is 1. The molecule has 0 atom stereocenters. The van der Waals surface area contributed by atoms with Gasteiger partial charge in [0, 0.05) is 6.04 Å². The fourth-order valence-corrected chi connectivity index (χ4v) is 5.33. The third-order valence-electron chi connectivity index (χ3n) is 5.73. The standard InChI is InChI=1S/C24H32N2O4S/c1-19-10-12-21(13-11-19)26(31(28,29)23-16-14-22(30-2)15-17-23)18-24(27)25-20-8-6-4-3-5-7-9-20/h10-17,20H,3-9,18H2,1-2H3,(H,25,27). The minimum atomic E-state index is -3.92. The van der Waals surface area contributed by atoms with Crippen molar-refractivity contribution in [2.24, 2.45) is 0 Å². The summed E-state index contributed by atoms with van der Waals surface area (Å²) in [4.78, 5) is 13.0. The Balaban J connectivity index is 1.83. The van der Waals surface area contributed by atoms with Gasteiger partial charge in [-0.05, 0) is 56.2 Å². The Hall–Kier alpha value is -2.54. The van der Waals surface area contributed by atoms with E-state index in [1.807, 2.05) is 19.1 Å². The number of ether oxygens (including phenoxy) is 1. The highest BCUT2D eigenvalue weighted by molar-refractivity contribution is 7.92. The number of rotatable bonds is 7. The second-order valence-corrected chi connectivity index (χ2v) is 9.99. The van der Waals surface area contributed by atoms with Crippen molar-refractivity contribution in [3.63, 3.8) is 0 Å². The summed E-state index contributed by atoms with van der Waals surface area (Å²) in [5, 5.41) is 3.08. The molecule has 0 aromatic heterocycles. The zero-order valence-corrected chi connectivity index (χ0v) is 19.2. The van der Waals surface area contributed by atoms with Crippen LogP contribution in [0, 0.1) is 6.92 Å². The summed E-state index contributed by atoms with van der Waals surface area (Å²) in [5.41, 5.74) is 1.48. The van der Waals surface area contributed by atoms with Crippen LogP contribution < -0.4 is 14.4 Å². The summed E-state index contributed by atoms with van der Waals surface area (Å²) in [6.45, 7) is 1.68. The number of amides is 1. The van der Waals surface area contributed by atoms with E-state index in [1.165, 1.54) is 42.8 Å². The quantitative estimate of drug-likeness (QED) is 0.686. The highest BCUT2D eigenvalue weighted by atomic mass is 32.2. The van der Waals surface area contributed by atoms with E-state index in [9.17, 15) is 13.2 Å². The monoisotopic (exact) mass is 444 g/mol. The largest absolute Gasteiger partial charge is 0.497 e. The maximum atomic E-state index is 13.5. The van der Waals surface area contributed by atoms with E-state index >= 15 is 0 Å². The zero-order valence-electron chi connectivity index (χ0n) is 18.3. The van der Waals surface area contributed by atoms with Gasteiger partial charge in [0.15, 0.2) is 0 Å². The van der Waals surface area contributed by atoms with Gasteiger partial charge >= 0.3 is 0 Å². The third kappa shape index (κ3) is 6.23. The Morgan fingerprint density at radius 1 is 0.968 bits per heavy atom. The maximum Gasteiger partial charge on any atom is 0.264 e. The molecule has 7 heteroatoms. The summed E-state index contributed by atoms with van der Waals surface area (Å²) in [6.07, 6.45) is 7.71. The number of anilines is 1. The number of hydrogen-bond acceptors (Lipinski definition) is 4. The van der Waals surface area contributed by atoms with Gasteiger partial charge in [0.25, 0.3) is 10.0 Å². The highest BCUT2D eigenvalue weighted by Gasteiger charge is 2.28. The fourth-order valence-electron chi connectivity index (χ4n) is 3.91. The Kier molecular flexibility index (Phi) is 7.96. The summed E-state index contributed by atoms with van der Waals surface area (Å²) < 4.78 is 33.2. The summed E-state index contributed by atoms with van der Waals surface area (Å²) >= 11 is 0. The Morgan fingerprint density at radius 3 is 2.13 bits per heavy atom. The lowest BCUT2D eigenvalue weighted by Crippen LogP contribution is -2.44. The van der Waals surface area contributed by atoms with Crippen LogP contribution in [0.4, 0.5) is 5.69 Å². The topological polar surface area (TPSA) is 75.7 Å². The van der Waals surface area contributed by atoms with Crippen molar-refractivity contribution < 1.29 is 17.9 Å². The lowest BCUT2D eigenvalue weighted by molar-refractivity contribution is -0.120. The molecular weight excluding hydrogens is 412 g/mol. The number of nitrogens with one attached hydrogen (secondary N) is 1. The average molecular weight is 445 g/mol. The van der Waals surface area contributed by atoms with Crippen LogP contribution in [-0.2, 0) is 14.8 Å². The Labute approximate surface area is 185 Å². The van der Waals surface area contributed by atoms with Crippen LogP contribution in [0.25, 0.3) is 0 Å². The van der Waals surface area contributed by atoms with Crippen molar-refractivity contribution in [1.29, 1.82) is 0 Å². The Bertz CT molecular complexity index is 948. The molecule has 0 bridgehead atoms. The molecule has 0 heterocycles. The molecule has 1 N–H and O–H groups in total. The van der Waals surface area contributed by atoms with Gasteiger partial charge in [0.05, 0.1) is 17.7 Å². The normalized spacial score (nSPS) is 15.5. The molecular formula is C24H32N2O4S. The second-order valence-electron chi connectivity index (χ2n) is 8.13. The molecule has 31 heavy (non-hydrogen) atoms. The van der Waals surface area contributed by atoms with Crippen molar-refractivity contribution >= 4 is 21.6 Å². The predicted octanol–water partition coefficient (Wildman–Crippen LogP) is 4.43. The van der Waals surface area contributed by atoms with Crippen LogP contribution in [0.3, 0.4) is 0 Å². The second kappa shape index (κ2) is 10.7. The van der Waals surface area contributed by atoms with Crippen LogP contribution in [0.2, 0.25) is 0 Å². The lowest BCUT2D eigenvalue weighted by atomic mass is 9.97. The fraction of sp³-hybridized carbons (Fsp3) is 0.458. The van der Waals surface area contributed by atoms with E-state index in [-0.39, 0.29) is 23.4 Å². The number of hydrogen-bond donors (Lipinski definition) is 1. The Morgan fingerprint density at radius 2 is 1.55 bits per heavy atom. The van der Waals surface area contributed by atoms with Crippen molar-refractivity contribution in [2.45, 2.75) is 62.8 Å². The molecule has 1 aliphatic carbocycles. The van der Waals surface area contributed by atoms with Gasteiger partial charge in [-0.3, -0.25) is 9.10 Å². The van der Waals surface area contributed by atoms with E-state index in [2.05, 4.69) is 5.32 Å². The van der Waals surface area contributed by atoms with Gasteiger partial charge in [-0.25, -0.2) is 8.42 Å². The molecule has 1 fully saturated rings. The van der Waals surface area contributed by atoms with Gasteiger partial charge < -0.3 is 10.1 Å². The van der Waals surface area contributed by atoms with Crippen LogP contribution in [0.15, 0.2) is 53.4 Å². The van der Waals surface area contributed by atoms with Crippen molar-refractivity contribution in [1.82, 2.24) is 5.32 Å². The average Bonchev–Trinajstić information content (AvgIpc) is 2.74. The van der Waals surface area contributed by atoms with E-state index in [0.717, 1.165) is 31.2 Å². The molecule has 6 nitrogen and oxygen atoms in total. The number of nitrogens with zero attached hydrogens (tertiary/aromatic N) is 1. The van der Waals surface area contributed by atoms with Crippen LogP contribution in [-0.4, -0.2) is 34.0 Å². The van der Waals surface area contributed by atoms with Gasteiger partial charge in [0.2, 0.25) is 5.91 Å². The molecule has 3 rings (SSSR count). The lowest BCUT2D eigenvalue weighted by Gasteiger charge is -2.26. The van der Waals surface area contributed by atoms with Gasteiger partial charge in [-0.15, -0.1) is 0 Å². The third-order valence-corrected chi connectivity index (χ3v) is 7.51. The number of benzene rings is 2. The summed E-state index contributed by atoms with van der Waals surface area (Å²) in [5.74, 6) is 0.297. The minimum Gasteiger partial charge on any atom is -0.497 e. The molecule has 0 radical (unpaired) electrons. The first-order chi connectivity index (χ1) is 14.9. The van der Waals surface area contributed by atoms with Crippen LogP contribution >= 0.6 is 0 Å². The first-order valence-corrected chi connectivity index (χ1v) is 12.4. The van der Waals surface area contributed by atoms with E-state index in [4.69, 9.17) is 4.74 Å². The summed E-state index contributed by atoms with van der Waals surface area (Å²) in [7, 11) is -2.39. The first-order valence-electron chi connectivity index (χ1n) is 10.9.